The summed E-state index contributed by atoms with van der Waals surface area (Å²) in [5, 5.41) is 9.20. The summed E-state index contributed by atoms with van der Waals surface area (Å²) >= 11 is 0. The first-order valence-corrected chi connectivity index (χ1v) is 5.77. The van der Waals surface area contributed by atoms with Crippen LogP contribution in [0.25, 0.3) is 0 Å². The van der Waals surface area contributed by atoms with Gasteiger partial charge in [-0.25, -0.2) is 0 Å². The van der Waals surface area contributed by atoms with Gasteiger partial charge in [0.15, 0.2) is 0 Å². The Hall–Kier alpha value is -1.51. The van der Waals surface area contributed by atoms with Crippen LogP contribution in [0.5, 0.6) is 5.75 Å². The molecule has 92 valence electrons. The molecule has 0 radical (unpaired) electrons. The minimum atomic E-state index is -0.720. The average molecular weight is 234 g/mol. The van der Waals surface area contributed by atoms with Gasteiger partial charge in [0.25, 0.3) is 0 Å². The fourth-order valence-electron chi connectivity index (χ4n) is 2.75. The molecule has 0 saturated heterocycles. The van der Waals surface area contributed by atoms with Crippen LogP contribution >= 0.6 is 0 Å². The van der Waals surface area contributed by atoms with Gasteiger partial charge in [-0.3, -0.25) is 4.79 Å². The third-order valence-corrected chi connectivity index (χ3v) is 3.82. The number of benzene rings is 1. The molecule has 0 bridgehead atoms. The maximum absolute atomic E-state index is 11.2. The van der Waals surface area contributed by atoms with Crippen molar-refractivity contribution in [2.24, 2.45) is 11.3 Å². The normalized spacial score (nSPS) is 25.4. The molecule has 3 heteroatoms. The Labute approximate surface area is 101 Å². The molecular formula is C14H18O3. The van der Waals surface area contributed by atoms with E-state index in [2.05, 4.69) is 0 Å². The van der Waals surface area contributed by atoms with E-state index in [1.54, 1.807) is 7.11 Å². The fourth-order valence-corrected chi connectivity index (χ4v) is 2.75. The van der Waals surface area contributed by atoms with Crippen LogP contribution in [-0.4, -0.2) is 18.2 Å². The highest BCUT2D eigenvalue weighted by Crippen LogP contribution is 2.65. The molecule has 1 aromatic rings. The first-order valence-electron chi connectivity index (χ1n) is 5.77. The van der Waals surface area contributed by atoms with E-state index in [0.717, 1.165) is 16.9 Å². The second kappa shape index (κ2) is 3.76. The van der Waals surface area contributed by atoms with Crippen LogP contribution in [0.15, 0.2) is 18.2 Å². The highest BCUT2D eigenvalue weighted by molar-refractivity contribution is 5.78. The number of hydrogen-bond acceptors (Lipinski definition) is 2. The minimum absolute atomic E-state index is 0.0514. The van der Waals surface area contributed by atoms with E-state index in [1.807, 2.05) is 39.0 Å². The summed E-state index contributed by atoms with van der Waals surface area (Å²) in [5.41, 5.74) is 1.94. The van der Waals surface area contributed by atoms with Gasteiger partial charge < -0.3 is 9.84 Å². The lowest BCUT2D eigenvalue weighted by atomic mass is 10.0. The first kappa shape index (κ1) is 12.0. The summed E-state index contributed by atoms with van der Waals surface area (Å²) in [6.07, 6.45) is 0. The highest BCUT2D eigenvalue weighted by atomic mass is 16.5. The number of ether oxygens (including phenoxy) is 1. The van der Waals surface area contributed by atoms with E-state index in [9.17, 15) is 9.90 Å². The molecule has 3 nitrogen and oxygen atoms in total. The molecule has 2 rings (SSSR count). The Morgan fingerprint density at radius 1 is 1.41 bits per heavy atom. The molecule has 1 N–H and O–H groups in total. The molecule has 0 unspecified atom stereocenters. The average Bonchev–Trinajstić information content (AvgIpc) is 2.81. The van der Waals surface area contributed by atoms with Crippen molar-refractivity contribution < 1.29 is 14.6 Å². The Morgan fingerprint density at radius 3 is 2.53 bits per heavy atom. The fraction of sp³-hybridized carbons (Fsp3) is 0.500. The zero-order valence-corrected chi connectivity index (χ0v) is 10.7. The van der Waals surface area contributed by atoms with E-state index in [4.69, 9.17) is 4.74 Å². The molecule has 1 fully saturated rings. The highest BCUT2D eigenvalue weighted by Gasteiger charge is 2.63. The van der Waals surface area contributed by atoms with Gasteiger partial charge in [0.2, 0.25) is 0 Å². The van der Waals surface area contributed by atoms with Crippen molar-refractivity contribution >= 4 is 5.97 Å². The quantitative estimate of drug-likeness (QED) is 0.874. The predicted molar refractivity (Wildman–Crippen MR) is 65.4 cm³/mol. The number of carboxylic acids is 1. The number of carbonyl (C=O) groups is 1. The molecule has 2 atom stereocenters. The van der Waals surface area contributed by atoms with E-state index >= 15 is 0 Å². The van der Waals surface area contributed by atoms with Crippen LogP contribution in [0.4, 0.5) is 0 Å². The summed E-state index contributed by atoms with van der Waals surface area (Å²) in [6.45, 7) is 5.99. The van der Waals surface area contributed by atoms with Crippen LogP contribution in [-0.2, 0) is 4.79 Å². The van der Waals surface area contributed by atoms with Gasteiger partial charge in [-0.1, -0.05) is 26.0 Å². The van der Waals surface area contributed by atoms with Crippen LogP contribution in [0, 0.1) is 18.3 Å². The molecule has 1 aliphatic rings. The van der Waals surface area contributed by atoms with Crippen molar-refractivity contribution in [3.63, 3.8) is 0 Å². The van der Waals surface area contributed by atoms with Crippen molar-refractivity contribution in [3.05, 3.63) is 29.3 Å². The molecule has 0 aromatic heterocycles. The monoisotopic (exact) mass is 234 g/mol. The van der Waals surface area contributed by atoms with Gasteiger partial charge in [0.1, 0.15) is 5.75 Å². The lowest BCUT2D eigenvalue weighted by Crippen LogP contribution is -2.03. The van der Waals surface area contributed by atoms with Crippen molar-refractivity contribution in [2.45, 2.75) is 26.7 Å². The topological polar surface area (TPSA) is 46.5 Å². The Morgan fingerprint density at radius 2 is 2.06 bits per heavy atom. The van der Waals surface area contributed by atoms with E-state index in [-0.39, 0.29) is 17.3 Å². The zero-order valence-electron chi connectivity index (χ0n) is 10.7. The van der Waals surface area contributed by atoms with E-state index in [0.29, 0.717) is 0 Å². The Bertz CT molecular complexity index is 463. The van der Waals surface area contributed by atoms with Crippen molar-refractivity contribution in [1.82, 2.24) is 0 Å². The smallest absolute Gasteiger partial charge is 0.307 e. The summed E-state index contributed by atoms with van der Waals surface area (Å²) in [4.78, 5) is 11.2. The Balaban J connectivity index is 2.40. The molecule has 1 aromatic carbocycles. The van der Waals surface area contributed by atoms with Gasteiger partial charge in [0.05, 0.1) is 13.0 Å². The number of rotatable bonds is 3. The van der Waals surface area contributed by atoms with Crippen LogP contribution in [0.2, 0.25) is 0 Å². The standard InChI is InChI=1S/C14H18O3/c1-8-5-6-9(10(7-8)17-4)11-12(13(15)16)14(11,2)3/h5-7,11-12H,1-4H3,(H,15,16)/t11-,12+/m1/s1. The molecule has 1 saturated carbocycles. The van der Waals surface area contributed by atoms with Gasteiger partial charge in [0, 0.05) is 5.92 Å². The van der Waals surface area contributed by atoms with Gasteiger partial charge in [-0.2, -0.15) is 0 Å². The summed E-state index contributed by atoms with van der Waals surface area (Å²) in [6, 6.07) is 5.96. The SMILES string of the molecule is COc1cc(C)ccc1[C@@H]1[C@@H](C(=O)O)C1(C)C. The third kappa shape index (κ3) is 1.79. The predicted octanol–water partition coefficient (Wildman–Crippen LogP) is 2.83. The molecule has 1 aliphatic carbocycles. The van der Waals surface area contributed by atoms with Crippen molar-refractivity contribution in [3.8, 4) is 5.75 Å². The van der Waals surface area contributed by atoms with Crippen LogP contribution in [0.3, 0.4) is 0 Å². The van der Waals surface area contributed by atoms with E-state index < -0.39 is 5.97 Å². The van der Waals surface area contributed by atoms with E-state index in [1.165, 1.54) is 0 Å². The summed E-state index contributed by atoms with van der Waals surface area (Å²) in [5.74, 6) is -0.177. The number of aryl methyl sites for hydroxylation is 1. The van der Waals surface area contributed by atoms with Gasteiger partial charge >= 0.3 is 5.97 Å². The largest absolute Gasteiger partial charge is 0.496 e. The number of aliphatic carboxylic acids is 1. The zero-order chi connectivity index (χ0) is 12.8. The number of carboxylic acid groups (broad SMARTS) is 1. The molecule has 0 heterocycles. The van der Waals surface area contributed by atoms with Crippen molar-refractivity contribution in [1.29, 1.82) is 0 Å². The van der Waals surface area contributed by atoms with Gasteiger partial charge in [-0.05, 0) is 29.5 Å². The molecular weight excluding hydrogens is 216 g/mol. The maximum Gasteiger partial charge on any atom is 0.307 e. The first-order chi connectivity index (χ1) is 7.89. The second-order valence-corrected chi connectivity index (χ2v) is 5.36. The van der Waals surface area contributed by atoms with Crippen LogP contribution < -0.4 is 4.74 Å². The molecule has 17 heavy (non-hydrogen) atoms. The molecule has 0 amide bonds. The number of methoxy groups -OCH3 is 1. The molecule has 0 aliphatic heterocycles. The lowest BCUT2D eigenvalue weighted by molar-refractivity contribution is -0.139. The lowest BCUT2D eigenvalue weighted by Gasteiger charge is -2.10. The Kier molecular flexibility index (Phi) is 2.64. The second-order valence-electron chi connectivity index (χ2n) is 5.36. The summed E-state index contributed by atoms with van der Waals surface area (Å²) in [7, 11) is 1.63. The summed E-state index contributed by atoms with van der Waals surface area (Å²) < 4.78 is 5.36. The minimum Gasteiger partial charge on any atom is -0.496 e. The maximum atomic E-state index is 11.2. The third-order valence-electron chi connectivity index (χ3n) is 3.82. The molecule has 0 spiro atoms. The number of hydrogen-bond donors (Lipinski definition) is 1. The van der Waals surface area contributed by atoms with Gasteiger partial charge in [-0.15, -0.1) is 0 Å². The van der Waals surface area contributed by atoms with Crippen molar-refractivity contribution in [2.75, 3.05) is 7.11 Å². The van der Waals surface area contributed by atoms with Crippen LogP contribution in [0.1, 0.15) is 30.9 Å².